The third kappa shape index (κ3) is 5.80. The lowest BCUT2D eigenvalue weighted by Crippen LogP contribution is -2.30. The first kappa shape index (κ1) is 21.8. The molecule has 156 valence electrons. The topological polar surface area (TPSA) is 83.0 Å². The van der Waals surface area contributed by atoms with E-state index in [0.29, 0.717) is 22.4 Å². The average molecular weight is 444 g/mol. The second kappa shape index (κ2) is 10.2. The number of carbonyl (C=O) groups is 2. The van der Waals surface area contributed by atoms with Crippen LogP contribution in [0, 0.1) is 0 Å². The summed E-state index contributed by atoms with van der Waals surface area (Å²) in [5, 5.41) is 8.80. The average Bonchev–Trinajstić information content (AvgIpc) is 3.00. The highest BCUT2D eigenvalue weighted by molar-refractivity contribution is 8.26. The largest absolute Gasteiger partial charge is 0.492 e. The Morgan fingerprint density at radius 3 is 2.73 bits per heavy atom. The van der Waals surface area contributed by atoms with Crippen LogP contribution in [0.25, 0.3) is 6.08 Å². The second-order valence-corrected chi connectivity index (χ2v) is 8.18. The van der Waals surface area contributed by atoms with Crippen LogP contribution in [-0.4, -0.2) is 57.9 Å². The molecule has 0 aliphatic carbocycles. The highest BCUT2D eigenvalue weighted by Gasteiger charge is 2.31. The molecule has 1 N–H and O–H groups in total. The van der Waals surface area contributed by atoms with Crippen molar-refractivity contribution < 1.29 is 19.4 Å². The first-order chi connectivity index (χ1) is 14.4. The van der Waals surface area contributed by atoms with Crippen molar-refractivity contribution in [1.82, 2.24) is 9.88 Å². The van der Waals surface area contributed by atoms with Crippen LogP contribution in [0.4, 0.5) is 5.82 Å². The van der Waals surface area contributed by atoms with E-state index >= 15 is 0 Å². The van der Waals surface area contributed by atoms with Crippen LogP contribution in [-0.2, 0) is 9.59 Å². The van der Waals surface area contributed by atoms with Gasteiger partial charge in [0.05, 0.1) is 17.9 Å². The number of pyridine rings is 1. The molecule has 3 rings (SSSR count). The van der Waals surface area contributed by atoms with Gasteiger partial charge in [0.25, 0.3) is 5.91 Å². The number of aromatic nitrogens is 1. The van der Waals surface area contributed by atoms with Crippen molar-refractivity contribution in [2.24, 2.45) is 0 Å². The molecule has 1 fully saturated rings. The molecule has 1 saturated heterocycles. The first-order valence-electron chi connectivity index (χ1n) is 9.26. The molecule has 7 nitrogen and oxygen atoms in total. The zero-order valence-electron chi connectivity index (χ0n) is 16.4. The van der Waals surface area contributed by atoms with Crippen LogP contribution < -0.4 is 9.64 Å². The Morgan fingerprint density at radius 2 is 2.07 bits per heavy atom. The quantitative estimate of drug-likeness (QED) is 0.467. The summed E-state index contributed by atoms with van der Waals surface area (Å²) in [6, 6.07) is 13.2. The number of thioether (sulfide) groups is 1. The molecule has 0 atom stereocenters. The molecular formula is C21H21N3O4S2. The van der Waals surface area contributed by atoms with Gasteiger partial charge < -0.3 is 14.7 Å². The summed E-state index contributed by atoms with van der Waals surface area (Å²) < 4.78 is 6.16. The monoisotopic (exact) mass is 443 g/mol. The number of carboxylic acid groups (broad SMARTS) is 1. The lowest BCUT2D eigenvalue weighted by Gasteiger charge is -2.18. The van der Waals surface area contributed by atoms with Crippen LogP contribution >= 0.6 is 24.0 Å². The Kier molecular flexibility index (Phi) is 7.42. The predicted molar refractivity (Wildman–Crippen MR) is 122 cm³/mol. The molecule has 0 unspecified atom stereocenters. The summed E-state index contributed by atoms with van der Waals surface area (Å²) in [5.41, 5.74) is 0.840. The molecule has 1 aliphatic heterocycles. The molecule has 1 aliphatic rings. The number of benzene rings is 1. The maximum Gasteiger partial charge on any atom is 0.305 e. The summed E-state index contributed by atoms with van der Waals surface area (Å²) in [6.07, 6.45) is 3.37. The van der Waals surface area contributed by atoms with E-state index in [2.05, 4.69) is 4.98 Å². The van der Waals surface area contributed by atoms with Crippen molar-refractivity contribution in [1.29, 1.82) is 0 Å². The van der Waals surface area contributed by atoms with Crippen molar-refractivity contribution in [3.05, 3.63) is 59.1 Å². The van der Waals surface area contributed by atoms with E-state index < -0.39 is 5.97 Å². The maximum absolute atomic E-state index is 12.4. The first-order valence-corrected chi connectivity index (χ1v) is 10.5. The third-order valence-corrected chi connectivity index (χ3v) is 5.71. The van der Waals surface area contributed by atoms with Gasteiger partial charge in [-0.2, -0.15) is 0 Å². The predicted octanol–water partition coefficient (Wildman–Crippen LogP) is 3.27. The molecule has 1 amide bonds. The Hall–Kier alpha value is -2.91. The molecule has 0 radical (unpaired) electrons. The third-order valence-electron chi connectivity index (χ3n) is 4.34. The summed E-state index contributed by atoms with van der Waals surface area (Å²) in [5.74, 6) is 0.395. The van der Waals surface area contributed by atoms with Crippen molar-refractivity contribution in [2.75, 3.05) is 31.6 Å². The van der Waals surface area contributed by atoms with E-state index in [1.165, 1.54) is 16.7 Å². The molecule has 0 bridgehead atoms. The number of thiocarbonyl (C=S) groups is 1. The molecular weight excluding hydrogens is 422 g/mol. The van der Waals surface area contributed by atoms with Gasteiger partial charge in [0.1, 0.15) is 22.5 Å². The fourth-order valence-electron chi connectivity index (χ4n) is 2.71. The number of anilines is 1. The number of carboxylic acids is 1. The molecule has 9 heteroatoms. The van der Waals surface area contributed by atoms with Gasteiger partial charge in [-0.1, -0.05) is 42.2 Å². The maximum atomic E-state index is 12.4. The molecule has 2 heterocycles. The number of carbonyl (C=O) groups excluding carboxylic acids is 1. The minimum absolute atomic E-state index is 0.0804. The van der Waals surface area contributed by atoms with Crippen LogP contribution in [0.5, 0.6) is 5.75 Å². The van der Waals surface area contributed by atoms with Crippen molar-refractivity contribution in [3.63, 3.8) is 0 Å². The van der Waals surface area contributed by atoms with E-state index in [-0.39, 0.29) is 18.9 Å². The Labute approximate surface area is 184 Å². The van der Waals surface area contributed by atoms with E-state index in [9.17, 15) is 9.59 Å². The van der Waals surface area contributed by atoms with E-state index in [0.717, 1.165) is 17.1 Å². The van der Waals surface area contributed by atoms with Crippen LogP contribution in [0.1, 0.15) is 12.0 Å². The number of ether oxygens (including phenoxy) is 1. The van der Waals surface area contributed by atoms with E-state index in [1.54, 1.807) is 12.3 Å². The molecule has 1 aromatic carbocycles. The number of amides is 1. The van der Waals surface area contributed by atoms with Gasteiger partial charge >= 0.3 is 5.97 Å². The highest BCUT2D eigenvalue weighted by atomic mass is 32.2. The zero-order valence-corrected chi connectivity index (χ0v) is 18.0. The number of likely N-dealkylation sites (N-methyl/N-ethyl adjacent to an activating group) is 1. The normalized spacial score (nSPS) is 15.0. The SMILES string of the molecule is CN(CCOc1ccc(/C=C2\SC(=S)N(CCC(=O)O)C2=O)cc1)c1ccccn1. The van der Waals surface area contributed by atoms with Gasteiger partial charge in [-0.3, -0.25) is 14.5 Å². The Balaban J connectivity index is 1.53. The molecule has 1 aromatic heterocycles. The fraction of sp³-hybridized carbons (Fsp3) is 0.238. The number of hydrogen-bond donors (Lipinski definition) is 1. The zero-order chi connectivity index (χ0) is 21.5. The summed E-state index contributed by atoms with van der Waals surface area (Å²) in [7, 11) is 1.96. The smallest absolute Gasteiger partial charge is 0.305 e. The van der Waals surface area contributed by atoms with Crippen LogP contribution in [0.3, 0.4) is 0 Å². The standard InChI is InChI=1S/C21H21N3O4S2/c1-23(18-4-2-3-10-22-18)12-13-28-16-7-5-15(6-8-16)14-17-20(27)24(21(29)30-17)11-9-19(25)26/h2-8,10,14H,9,11-13H2,1H3,(H,25,26)/b17-14-. The Morgan fingerprint density at radius 1 is 1.30 bits per heavy atom. The number of hydrogen-bond acceptors (Lipinski definition) is 7. The molecule has 2 aromatic rings. The van der Waals surface area contributed by atoms with Gasteiger partial charge in [-0.05, 0) is 35.9 Å². The van der Waals surface area contributed by atoms with Gasteiger partial charge in [-0.15, -0.1) is 0 Å². The van der Waals surface area contributed by atoms with E-state index in [1.807, 2.05) is 54.4 Å². The molecule has 0 spiro atoms. The lowest BCUT2D eigenvalue weighted by molar-refractivity contribution is -0.137. The molecule has 0 saturated carbocycles. The Bertz CT molecular complexity index is 948. The van der Waals surface area contributed by atoms with Crippen molar-refractivity contribution in [3.8, 4) is 5.75 Å². The number of rotatable bonds is 9. The van der Waals surface area contributed by atoms with Crippen LogP contribution in [0.2, 0.25) is 0 Å². The van der Waals surface area contributed by atoms with Gasteiger partial charge in [0, 0.05) is 19.8 Å². The lowest BCUT2D eigenvalue weighted by atomic mass is 10.2. The minimum atomic E-state index is -0.963. The fourth-order valence-corrected chi connectivity index (χ4v) is 4.01. The summed E-state index contributed by atoms with van der Waals surface area (Å²) in [6.45, 7) is 1.28. The van der Waals surface area contributed by atoms with Crippen molar-refractivity contribution in [2.45, 2.75) is 6.42 Å². The summed E-state index contributed by atoms with van der Waals surface area (Å²) >= 11 is 6.37. The van der Waals surface area contributed by atoms with Gasteiger partial charge in [0.2, 0.25) is 0 Å². The number of aliphatic carboxylic acids is 1. The molecule has 30 heavy (non-hydrogen) atoms. The summed E-state index contributed by atoms with van der Waals surface area (Å²) in [4.78, 5) is 31.3. The number of nitrogens with zero attached hydrogens (tertiary/aromatic N) is 3. The van der Waals surface area contributed by atoms with Gasteiger partial charge in [-0.25, -0.2) is 4.98 Å². The van der Waals surface area contributed by atoms with Gasteiger partial charge in [0.15, 0.2) is 0 Å². The minimum Gasteiger partial charge on any atom is -0.492 e. The van der Waals surface area contributed by atoms with E-state index in [4.69, 9.17) is 22.1 Å². The second-order valence-electron chi connectivity index (χ2n) is 6.50. The van der Waals surface area contributed by atoms with Crippen LogP contribution in [0.15, 0.2) is 53.6 Å². The highest BCUT2D eigenvalue weighted by Crippen LogP contribution is 2.32. The van der Waals surface area contributed by atoms with Crippen molar-refractivity contribution >= 4 is 52.1 Å².